The van der Waals surface area contributed by atoms with Gasteiger partial charge < -0.3 is 5.32 Å². The minimum absolute atomic E-state index is 0.655. The average Bonchev–Trinajstić information content (AvgIpc) is 2.34. The van der Waals surface area contributed by atoms with E-state index in [4.69, 9.17) is 0 Å². The number of hydrogen-bond acceptors (Lipinski definition) is 2. The predicted molar refractivity (Wildman–Crippen MR) is 71.1 cm³/mol. The summed E-state index contributed by atoms with van der Waals surface area (Å²) in [5.41, 5.74) is 2.75. The summed E-state index contributed by atoms with van der Waals surface area (Å²) < 4.78 is 11.2. The summed E-state index contributed by atoms with van der Waals surface area (Å²) in [6, 6.07) is 8.47. The fourth-order valence-electron chi connectivity index (χ4n) is 1.63. The molecule has 1 atom stereocenters. The van der Waals surface area contributed by atoms with Crippen LogP contribution in [0.25, 0.3) is 0 Å². The van der Waals surface area contributed by atoms with E-state index < -0.39 is 10.8 Å². The Morgan fingerprint density at radius 1 is 1.19 bits per heavy atom. The molecule has 16 heavy (non-hydrogen) atoms. The quantitative estimate of drug-likeness (QED) is 0.738. The normalized spacial score (nSPS) is 12.6. The standard InChI is InChI=1S/C13H21NOS/c1-3-12-7-5-6-8-13(12)11-14-9-10-16(15)4-2/h5-8,14H,3-4,9-11H2,1-2H3. The summed E-state index contributed by atoms with van der Waals surface area (Å²) in [4.78, 5) is 0. The summed E-state index contributed by atoms with van der Waals surface area (Å²) in [7, 11) is -0.655. The molecule has 2 nitrogen and oxygen atoms in total. The smallest absolute Gasteiger partial charge is 0.0360 e. The van der Waals surface area contributed by atoms with Gasteiger partial charge in [-0.15, -0.1) is 0 Å². The zero-order valence-electron chi connectivity index (χ0n) is 10.2. The van der Waals surface area contributed by atoms with E-state index in [0.717, 1.165) is 31.0 Å². The van der Waals surface area contributed by atoms with Gasteiger partial charge in [0.15, 0.2) is 0 Å². The third-order valence-electron chi connectivity index (χ3n) is 2.64. The highest BCUT2D eigenvalue weighted by Crippen LogP contribution is 2.08. The Balaban J connectivity index is 2.34. The lowest BCUT2D eigenvalue weighted by atomic mass is 10.1. The zero-order valence-corrected chi connectivity index (χ0v) is 11.0. The SMILES string of the molecule is CCc1ccccc1CNCCS(=O)CC. The van der Waals surface area contributed by atoms with Gasteiger partial charge >= 0.3 is 0 Å². The predicted octanol–water partition coefficient (Wildman–Crippen LogP) is 2.11. The van der Waals surface area contributed by atoms with Gasteiger partial charge in [0.2, 0.25) is 0 Å². The van der Waals surface area contributed by atoms with Crippen molar-refractivity contribution in [2.75, 3.05) is 18.1 Å². The Hall–Kier alpha value is -0.670. The number of hydrogen-bond donors (Lipinski definition) is 1. The van der Waals surface area contributed by atoms with E-state index in [1.807, 2.05) is 6.92 Å². The fraction of sp³-hybridized carbons (Fsp3) is 0.538. The van der Waals surface area contributed by atoms with Gasteiger partial charge in [0.05, 0.1) is 0 Å². The summed E-state index contributed by atoms with van der Waals surface area (Å²) >= 11 is 0. The molecular weight excluding hydrogens is 218 g/mol. The molecule has 1 N–H and O–H groups in total. The second-order valence-electron chi connectivity index (χ2n) is 3.73. The van der Waals surface area contributed by atoms with Gasteiger partial charge in [0.25, 0.3) is 0 Å². The Kier molecular flexibility index (Phi) is 6.34. The van der Waals surface area contributed by atoms with E-state index in [1.165, 1.54) is 11.1 Å². The maximum absolute atomic E-state index is 11.2. The van der Waals surface area contributed by atoms with Crippen LogP contribution in [-0.4, -0.2) is 22.3 Å². The molecule has 0 fully saturated rings. The zero-order chi connectivity index (χ0) is 11.8. The number of rotatable bonds is 7. The van der Waals surface area contributed by atoms with Crippen LogP contribution >= 0.6 is 0 Å². The van der Waals surface area contributed by atoms with Crippen LogP contribution in [0.4, 0.5) is 0 Å². The van der Waals surface area contributed by atoms with Gasteiger partial charge in [0, 0.05) is 35.4 Å². The molecule has 1 rings (SSSR count). The van der Waals surface area contributed by atoms with E-state index in [2.05, 4.69) is 36.5 Å². The number of nitrogens with one attached hydrogen (secondary N) is 1. The molecular formula is C13H21NOS. The second kappa shape index (κ2) is 7.58. The Morgan fingerprint density at radius 3 is 2.50 bits per heavy atom. The first kappa shape index (κ1) is 13.4. The van der Waals surface area contributed by atoms with Crippen LogP contribution in [0.5, 0.6) is 0 Å². The molecule has 0 saturated heterocycles. The molecule has 1 aromatic rings. The molecule has 0 aliphatic heterocycles. The van der Waals surface area contributed by atoms with Gasteiger partial charge in [-0.1, -0.05) is 38.1 Å². The van der Waals surface area contributed by atoms with Crippen molar-refractivity contribution in [1.29, 1.82) is 0 Å². The molecule has 90 valence electrons. The van der Waals surface area contributed by atoms with Crippen molar-refractivity contribution in [2.24, 2.45) is 0 Å². The topological polar surface area (TPSA) is 29.1 Å². The van der Waals surface area contributed by atoms with Crippen molar-refractivity contribution in [3.05, 3.63) is 35.4 Å². The summed E-state index contributed by atoms with van der Waals surface area (Å²) in [5, 5.41) is 3.35. The van der Waals surface area contributed by atoms with Gasteiger partial charge in [0.1, 0.15) is 0 Å². The highest BCUT2D eigenvalue weighted by molar-refractivity contribution is 7.84. The van der Waals surface area contributed by atoms with Crippen molar-refractivity contribution in [3.8, 4) is 0 Å². The third kappa shape index (κ3) is 4.45. The lowest BCUT2D eigenvalue weighted by Crippen LogP contribution is -2.21. The maximum atomic E-state index is 11.2. The average molecular weight is 239 g/mol. The first-order valence-electron chi connectivity index (χ1n) is 5.90. The van der Waals surface area contributed by atoms with Crippen LogP contribution in [-0.2, 0) is 23.8 Å². The van der Waals surface area contributed by atoms with Crippen LogP contribution in [0, 0.1) is 0 Å². The molecule has 0 aliphatic carbocycles. The van der Waals surface area contributed by atoms with Crippen LogP contribution < -0.4 is 5.32 Å². The van der Waals surface area contributed by atoms with Crippen molar-refractivity contribution in [3.63, 3.8) is 0 Å². The third-order valence-corrected chi connectivity index (χ3v) is 3.95. The summed E-state index contributed by atoms with van der Waals surface area (Å²) in [5.74, 6) is 1.51. The van der Waals surface area contributed by atoms with Gasteiger partial charge in [-0.2, -0.15) is 0 Å². The van der Waals surface area contributed by atoms with E-state index in [9.17, 15) is 4.21 Å². The highest BCUT2D eigenvalue weighted by Gasteiger charge is 1.99. The molecule has 0 radical (unpaired) electrons. The molecule has 0 amide bonds. The summed E-state index contributed by atoms with van der Waals surface area (Å²) in [6.45, 7) is 5.84. The fourth-order valence-corrected chi connectivity index (χ4v) is 2.29. The molecule has 0 spiro atoms. The first-order valence-corrected chi connectivity index (χ1v) is 7.39. The molecule has 0 bridgehead atoms. The van der Waals surface area contributed by atoms with Gasteiger partial charge in [-0.25, -0.2) is 0 Å². The highest BCUT2D eigenvalue weighted by atomic mass is 32.2. The van der Waals surface area contributed by atoms with Crippen molar-refractivity contribution in [1.82, 2.24) is 5.32 Å². The lowest BCUT2D eigenvalue weighted by molar-refractivity contribution is 0.673. The molecule has 0 saturated carbocycles. The van der Waals surface area contributed by atoms with Gasteiger partial charge in [-0.3, -0.25) is 4.21 Å². The van der Waals surface area contributed by atoms with E-state index in [1.54, 1.807) is 0 Å². The molecule has 3 heteroatoms. The molecule has 0 heterocycles. The molecule has 0 aliphatic rings. The van der Waals surface area contributed by atoms with Crippen molar-refractivity contribution < 1.29 is 4.21 Å². The minimum atomic E-state index is -0.655. The number of benzene rings is 1. The summed E-state index contributed by atoms with van der Waals surface area (Å²) in [6.07, 6.45) is 1.07. The monoisotopic (exact) mass is 239 g/mol. The first-order chi connectivity index (χ1) is 7.77. The lowest BCUT2D eigenvalue weighted by Gasteiger charge is -2.08. The van der Waals surface area contributed by atoms with Crippen LogP contribution in [0.1, 0.15) is 25.0 Å². The van der Waals surface area contributed by atoms with Crippen LogP contribution in [0.15, 0.2) is 24.3 Å². The van der Waals surface area contributed by atoms with E-state index >= 15 is 0 Å². The molecule has 0 aromatic heterocycles. The van der Waals surface area contributed by atoms with Crippen molar-refractivity contribution in [2.45, 2.75) is 26.8 Å². The Labute approximate surface area is 101 Å². The second-order valence-corrected chi connectivity index (χ2v) is 5.60. The van der Waals surface area contributed by atoms with Gasteiger partial charge in [-0.05, 0) is 17.5 Å². The molecule has 1 aromatic carbocycles. The minimum Gasteiger partial charge on any atom is -0.312 e. The van der Waals surface area contributed by atoms with E-state index in [-0.39, 0.29) is 0 Å². The maximum Gasteiger partial charge on any atom is 0.0360 e. The van der Waals surface area contributed by atoms with Crippen LogP contribution in [0.3, 0.4) is 0 Å². The number of aryl methyl sites for hydroxylation is 1. The van der Waals surface area contributed by atoms with E-state index in [0.29, 0.717) is 0 Å². The largest absolute Gasteiger partial charge is 0.312 e. The molecule has 1 unspecified atom stereocenters. The Bertz CT molecular complexity index is 338. The van der Waals surface area contributed by atoms with Crippen molar-refractivity contribution >= 4 is 10.8 Å². The Morgan fingerprint density at radius 2 is 1.88 bits per heavy atom. The van der Waals surface area contributed by atoms with Crippen LogP contribution in [0.2, 0.25) is 0 Å².